The molecule has 1 rings (SSSR count). The van der Waals surface area contributed by atoms with Crippen molar-refractivity contribution in [2.45, 2.75) is 5.33 Å². The van der Waals surface area contributed by atoms with Gasteiger partial charge in [0, 0.05) is 5.33 Å². The van der Waals surface area contributed by atoms with Gasteiger partial charge in [-0.05, 0) is 11.6 Å². The average Bonchev–Trinajstić information content (AvgIpc) is 2.04. The fourth-order valence-corrected chi connectivity index (χ4v) is 1.27. The molecule has 0 aromatic heterocycles. The second-order valence-electron chi connectivity index (χ2n) is 2.02. The molecule has 0 fully saturated rings. The van der Waals surface area contributed by atoms with Gasteiger partial charge in [0.05, 0.1) is 5.56 Å². The fourth-order valence-electron chi connectivity index (χ4n) is 0.805. The van der Waals surface area contributed by atoms with E-state index in [-0.39, 0.29) is 5.56 Å². The zero-order chi connectivity index (χ0) is 8.27. The summed E-state index contributed by atoms with van der Waals surface area (Å²) in [6.07, 6.45) is 0. The lowest BCUT2D eigenvalue weighted by Crippen LogP contribution is -1.89. The number of nitriles is 1. The molecule has 0 spiro atoms. The first-order valence-corrected chi connectivity index (χ1v) is 4.15. The molecule has 0 atom stereocenters. The van der Waals surface area contributed by atoms with Gasteiger partial charge in [-0.1, -0.05) is 28.1 Å². The molecule has 1 aromatic rings. The summed E-state index contributed by atoms with van der Waals surface area (Å²) in [6.45, 7) is 0. The van der Waals surface area contributed by atoms with Crippen LogP contribution in [0.1, 0.15) is 11.1 Å². The van der Waals surface area contributed by atoms with Crippen molar-refractivity contribution in [3.8, 4) is 6.07 Å². The zero-order valence-electron chi connectivity index (χ0n) is 5.64. The number of nitrogens with zero attached hydrogens (tertiary/aromatic N) is 1. The first-order valence-electron chi connectivity index (χ1n) is 3.03. The lowest BCUT2D eigenvalue weighted by Gasteiger charge is -1.98. The molecule has 0 heterocycles. The van der Waals surface area contributed by atoms with E-state index >= 15 is 0 Å². The van der Waals surface area contributed by atoms with Crippen LogP contribution in [0.4, 0.5) is 4.39 Å². The fraction of sp³-hybridized carbons (Fsp3) is 0.125. The monoisotopic (exact) mass is 213 g/mol. The van der Waals surface area contributed by atoms with Gasteiger partial charge in [-0.3, -0.25) is 0 Å². The maximum absolute atomic E-state index is 12.8. The first kappa shape index (κ1) is 8.22. The Balaban J connectivity index is 3.27. The molecule has 3 heteroatoms. The molecular formula is C8H5BrFN. The van der Waals surface area contributed by atoms with E-state index in [9.17, 15) is 4.39 Å². The lowest BCUT2D eigenvalue weighted by atomic mass is 10.1. The second-order valence-corrected chi connectivity index (χ2v) is 2.58. The Bertz CT molecular complexity index is 303. The smallest absolute Gasteiger partial charge is 0.141 e. The SMILES string of the molecule is N#Cc1c(F)cccc1CBr. The molecule has 0 N–H and O–H groups in total. The first-order chi connectivity index (χ1) is 5.29. The Morgan fingerprint density at radius 3 is 2.73 bits per heavy atom. The van der Waals surface area contributed by atoms with E-state index in [0.717, 1.165) is 0 Å². The van der Waals surface area contributed by atoms with Gasteiger partial charge < -0.3 is 0 Å². The Labute approximate surface area is 72.6 Å². The van der Waals surface area contributed by atoms with Gasteiger partial charge in [-0.25, -0.2) is 4.39 Å². The van der Waals surface area contributed by atoms with Crippen molar-refractivity contribution < 1.29 is 4.39 Å². The molecule has 56 valence electrons. The van der Waals surface area contributed by atoms with Gasteiger partial charge >= 0.3 is 0 Å². The largest absolute Gasteiger partial charge is 0.206 e. The van der Waals surface area contributed by atoms with Crippen LogP contribution < -0.4 is 0 Å². The molecule has 0 saturated heterocycles. The molecule has 0 aliphatic heterocycles. The topological polar surface area (TPSA) is 23.8 Å². The van der Waals surface area contributed by atoms with E-state index in [1.54, 1.807) is 12.1 Å². The van der Waals surface area contributed by atoms with Crippen LogP contribution in [0.15, 0.2) is 18.2 Å². The number of hydrogen-bond acceptors (Lipinski definition) is 1. The molecule has 0 radical (unpaired) electrons. The van der Waals surface area contributed by atoms with E-state index in [1.165, 1.54) is 6.07 Å². The minimum atomic E-state index is -0.454. The van der Waals surface area contributed by atoms with E-state index in [4.69, 9.17) is 5.26 Å². The third-order valence-corrected chi connectivity index (χ3v) is 1.96. The normalized spacial score (nSPS) is 9.18. The van der Waals surface area contributed by atoms with Gasteiger partial charge in [-0.2, -0.15) is 5.26 Å². The predicted octanol–water partition coefficient (Wildman–Crippen LogP) is 2.59. The number of alkyl halides is 1. The summed E-state index contributed by atoms with van der Waals surface area (Å²) in [5, 5.41) is 9.03. The summed E-state index contributed by atoms with van der Waals surface area (Å²) in [5.74, 6) is -0.454. The highest BCUT2D eigenvalue weighted by molar-refractivity contribution is 9.08. The number of halogens is 2. The number of benzene rings is 1. The standard InChI is InChI=1S/C8H5BrFN/c9-4-6-2-1-3-8(10)7(6)5-11/h1-3H,4H2. The van der Waals surface area contributed by atoms with Gasteiger partial charge in [0.1, 0.15) is 11.9 Å². The molecule has 1 aromatic carbocycles. The highest BCUT2D eigenvalue weighted by Crippen LogP contribution is 2.14. The van der Waals surface area contributed by atoms with Gasteiger partial charge in [0.25, 0.3) is 0 Å². The highest BCUT2D eigenvalue weighted by Gasteiger charge is 2.04. The average molecular weight is 214 g/mol. The van der Waals surface area contributed by atoms with Crippen LogP contribution in [0, 0.1) is 17.1 Å². The van der Waals surface area contributed by atoms with Crippen molar-refractivity contribution in [2.24, 2.45) is 0 Å². The minimum Gasteiger partial charge on any atom is -0.206 e. The quantitative estimate of drug-likeness (QED) is 0.659. The molecule has 11 heavy (non-hydrogen) atoms. The van der Waals surface area contributed by atoms with Crippen LogP contribution >= 0.6 is 15.9 Å². The third kappa shape index (κ3) is 1.58. The van der Waals surface area contributed by atoms with E-state index in [2.05, 4.69) is 15.9 Å². The highest BCUT2D eigenvalue weighted by atomic mass is 79.9. The van der Waals surface area contributed by atoms with Crippen molar-refractivity contribution >= 4 is 15.9 Å². The van der Waals surface area contributed by atoms with E-state index in [1.807, 2.05) is 6.07 Å². The minimum absolute atomic E-state index is 0.129. The van der Waals surface area contributed by atoms with E-state index < -0.39 is 5.82 Å². The van der Waals surface area contributed by atoms with Crippen molar-refractivity contribution in [3.05, 3.63) is 35.1 Å². The summed E-state index contributed by atoms with van der Waals surface area (Å²) in [5.41, 5.74) is 0.817. The third-order valence-electron chi connectivity index (χ3n) is 1.36. The van der Waals surface area contributed by atoms with Crippen LogP contribution in [0.2, 0.25) is 0 Å². The van der Waals surface area contributed by atoms with Crippen molar-refractivity contribution in [2.75, 3.05) is 0 Å². The maximum Gasteiger partial charge on any atom is 0.141 e. The van der Waals surface area contributed by atoms with Gasteiger partial charge in [0.2, 0.25) is 0 Å². The van der Waals surface area contributed by atoms with Crippen LogP contribution in [0.5, 0.6) is 0 Å². The molecule has 0 aliphatic carbocycles. The molecule has 0 unspecified atom stereocenters. The second kappa shape index (κ2) is 3.49. The summed E-state index contributed by atoms with van der Waals surface area (Å²) < 4.78 is 12.8. The maximum atomic E-state index is 12.8. The van der Waals surface area contributed by atoms with Gasteiger partial charge in [0.15, 0.2) is 0 Å². The number of hydrogen-bond donors (Lipinski definition) is 0. The molecule has 0 aliphatic rings. The summed E-state index contributed by atoms with van der Waals surface area (Å²) in [7, 11) is 0. The van der Waals surface area contributed by atoms with Crippen LogP contribution in [-0.2, 0) is 5.33 Å². The summed E-state index contributed by atoms with van der Waals surface area (Å²) in [4.78, 5) is 0. The van der Waals surface area contributed by atoms with E-state index in [0.29, 0.717) is 10.9 Å². The summed E-state index contributed by atoms with van der Waals surface area (Å²) in [6, 6.07) is 6.40. The summed E-state index contributed by atoms with van der Waals surface area (Å²) >= 11 is 3.17. The molecule has 0 saturated carbocycles. The molecule has 0 amide bonds. The Morgan fingerprint density at radius 1 is 1.55 bits per heavy atom. The Morgan fingerprint density at radius 2 is 2.27 bits per heavy atom. The van der Waals surface area contributed by atoms with Crippen LogP contribution in [0.3, 0.4) is 0 Å². The molecule has 0 bridgehead atoms. The predicted molar refractivity (Wildman–Crippen MR) is 43.7 cm³/mol. The molecule has 1 nitrogen and oxygen atoms in total. The van der Waals surface area contributed by atoms with Crippen molar-refractivity contribution in [3.63, 3.8) is 0 Å². The number of rotatable bonds is 1. The van der Waals surface area contributed by atoms with Crippen LogP contribution in [-0.4, -0.2) is 0 Å². The molecular weight excluding hydrogens is 209 g/mol. The van der Waals surface area contributed by atoms with Gasteiger partial charge in [-0.15, -0.1) is 0 Å². The van der Waals surface area contributed by atoms with Crippen molar-refractivity contribution in [1.82, 2.24) is 0 Å². The Hall–Kier alpha value is -0.880. The van der Waals surface area contributed by atoms with Crippen molar-refractivity contribution in [1.29, 1.82) is 5.26 Å². The Kier molecular flexibility index (Phi) is 2.61. The van der Waals surface area contributed by atoms with Crippen LogP contribution in [0.25, 0.3) is 0 Å². The lowest BCUT2D eigenvalue weighted by molar-refractivity contribution is 0.622. The zero-order valence-corrected chi connectivity index (χ0v) is 7.23.